The molecule has 0 bridgehead atoms. The molecule has 1 aromatic heterocycles. The van der Waals surface area contributed by atoms with E-state index in [0.29, 0.717) is 11.7 Å². The van der Waals surface area contributed by atoms with Gasteiger partial charge in [-0.25, -0.2) is 0 Å². The molecule has 0 aliphatic rings. The Bertz CT molecular complexity index is 554. The van der Waals surface area contributed by atoms with Crippen LogP contribution in [0, 0.1) is 0 Å². The molecule has 3 N–H and O–H groups in total. The Morgan fingerprint density at radius 2 is 1.90 bits per heavy atom. The van der Waals surface area contributed by atoms with Crippen LogP contribution in [0.15, 0.2) is 30.3 Å². The third kappa shape index (κ3) is 3.85. The van der Waals surface area contributed by atoms with Gasteiger partial charge in [0.25, 0.3) is 0 Å². The normalized spacial score (nSPS) is 10.3. The summed E-state index contributed by atoms with van der Waals surface area (Å²) < 4.78 is 5.71. The van der Waals surface area contributed by atoms with Gasteiger partial charge >= 0.3 is 0 Å². The maximum absolute atomic E-state index is 5.71. The van der Waals surface area contributed by atoms with E-state index in [4.69, 9.17) is 10.5 Å². The number of nitrogen functional groups attached to an aromatic ring is 1. The number of aryl methyl sites for hydroxylation is 1. The van der Waals surface area contributed by atoms with E-state index in [9.17, 15) is 0 Å². The van der Waals surface area contributed by atoms with Gasteiger partial charge in [0.15, 0.2) is 0 Å². The summed E-state index contributed by atoms with van der Waals surface area (Å²) in [6, 6.07) is 9.75. The summed E-state index contributed by atoms with van der Waals surface area (Å²) in [7, 11) is 0. The second-order valence-corrected chi connectivity index (χ2v) is 4.48. The van der Waals surface area contributed by atoms with Gasteiger partial charge in [-0.3, -0.25) is 0 Å². The average molecular weight is 272 g/mol. The molecule has 0 aliphatic heterocycles. The lowest BCUT2D eigenvalue weighted by molar-refractivity contribution is 0.463. The van der Waals surface area contributed by atoms with Crippen LogP contribution in [0.2, 0.25) is 0 Å². The van der Waals surface area contributed by atoms with Gasteiger partial charge in [0.1, 0.15) is 11.6 Å². The van der Waals surface area contributed by atoms with Crippen LogP contribution < -0.4 is 15.8 Å². The van der Waals surface area contributed by atoms with Gasteiger partial charge < -0.3 is 15.8 Å². The van der Waals surface area contributed by atoms with Gasteiger partial charge in [0.2, 0.25) is 11.8 Å². The molecule has 20 heavy (non-hydrogen) atoms. The summed E-state index contributed by atoms with van der Waals surface area (Å²) in [5.41, 5.74) is 6.97. The fraction of sp³-hybridized carbons (Fsp3) is 0.333. The summed E-state index contributed by atoms with van der Waals surface area (Å²) in [5, 5.41) is 3.09. The van der Waals surface area contributed by atoms with Crippen molar-refractivity contribution in [2.45, 2.75) is 26.7 Å². The number of aromatic nitrogens is 2. The molecule has 2 aromatic rings. The smallest absolute Gasteiger partial charge is 0.226 e. The Balaban J connectivity index is 2.12. The number of hydrogen-bond acceptors (Lipinski definition) is 5. The van der Waals surface area contributed by atoms with Crippen LogP contribution in [0.4, 0.5) is 11.8 Å². The minimum atomic E-state index is 0.195. The van der Waals surface area contributed by atoms with Crippen LogP contribution in [0.3, 0.4) is 0 Å². The Kier molecular flexibility index (Phi) is 4.76. The van der Waals surface area contributed by atoms with Gasteiger partial charge in [-0.15, -0.1) is 0 Å². The Hall–Kier alpha value is -2.30. The molecule has 1 aromatic carbocycles. The van der Waals surface area contributed by atoms with E-state index >= 15 is 0 Å². The van der Waals surface area contributed by atoms with Gasteiger partial charge in [-0.1, -0.05) is 25.5 Å². The quantitative estimate of drug-likeness (QED) is 0.844. The van der Waals surface area contributed by atoms with Crippen LogP contribution >= 0.6 is 0 Å². The molecule has 0 aliphatic carbocycles. The monoisotopic (exact) mass is 272 g/mol. The lowest BCUT2D eigenvalue weighted by Gasteiger charge is -2.08. The number of anilines is 2. The topological polar surface area (TPSA) is 73.1 Å². The highest BCUT2D eigenvalue weighted by Gasteiger charge is 2.04. The van der Waals surface area contributed by atoms with E-state index in [-0.39, 0.29) is 5.95 Å². The number of nitrogens with one attached hydrogen (secondary N) is 1. The van der Waals surface area contributed by atoms with Gasteiger partial charge in [-0.05, 0) is 31.0 Å². The number of rotatable bonds is 6. The fourth-order valence-corrected chi connectivity index (χ4v) is 1.90. The van der Waals surface area contributed by atoms with Crippen molar-refractivity contribution >= 4 is 11.8 Å². The average Bonchev–Trinajstić information content (AvgIpc) is 2.41. The number of hydrogen-bond donors (Lipinski definition) is 2. The van der Waals surface area contributed by atoms with Gasteiger partial charge in [0, 0.05) is 12.6 Å². The SMILES string of the molecule is CCCc1ccc(Oc2cc(NCC)nc(N)n2)cc1. The predicted octanol–water partition coefficient (Wildman–Crippen LogP) is 3.24. The highest BCUT2D eigenvalue weighted by Crippen LogP contribution is 2.22. The van der Waals surface area contributed by atoms with E-state index in [1.807, 2.05) is 19.1 Å². The van der Waals surface area contributed by atoms with Crippen molar-refractivity contribution < 1.29 is 4.74 Å². The minimum Gasteiger partial charge on any atom is -0.439 e. The Morgan fingerprint density at radius 3 is 2.55 bits per heavy atom. The number of benzene rings is 1. The maximum atomic E-state index is 5.71. The van der Waals surface area contributed by atoms with E-state index in [1.54, 1.807) is 6.07 Å². The first-order valence-corrected chi connectivity index (χ1v) is 6.86. The van der Waals surface area contributed by atoms with Crippen molar-refractivity contribution in [2.75, 3.05) is 17.6 Å². The molecule has 106 valence electrons. The third-order valence-electron chi connectivity index (χ3n) is 2.76. The molecule has 2 rings (SSSR count). The third-order valence-corrected chi connectivity index (χ3v) is 2.76. The predicted molar refractivity (Wildman–Crippen MR) is 81.1 cm³/mol. The zero-order valence-electron chi connectivity index (χ0n) is 11.9. The van der Waals surface area contributed by atoms with Crippen LogP contribution in [-0.2, 0) is 6.42 Å². The van der Waals surface area contributed by atoms with E-state index in [2.05, 4.69) is 34.3 Å². The lowest BCUT2D eigenvalue weighted by Crippen LogP contribution is -2.04. The second kappa shape index (κ2) is 6.75. The largest absolute Gasteiger partial charge is 0.439 e. The molecule has 0 unspecified atom stereocenters. The van der Waals surface area contributed by atoms with E-state index in [0.717, 1.165) is 25.1 Å². The molecule has 0 fully saturated rings. The van der Waals surface area contributed by atoms with Crippen molar-refractivity contribution in [3.8, 4) is 11.6 Å². The number of ether oxygens (including phenoxy) is 1. The first-order chi connectivity index (χ1) is 9.71. The molecule has 0 saturated carbocycles. The molecule has 0 spiro atoms. The van der Waals surface area contributed by atoms with E-state index < -0.39 is 0 Å². The van der Waals surface area contributed by atoms with Crippen LogP contribution in [-0.4, -0.2) is 16.5 Å². The highest BCUT2D eigenvalue weighted by atomic mass is 16.5. The molecule has 0 amide bonds. The summed E-state index contributed by atoms with van der Waals surface area (Å²) in [4.78, 5) is 8.15. The summed E-state index contributed by atoms with van der Waals surface area (Å²) in [5.74, 6) is 2.04. The number of nitrogens with two attached hydrogens (primary N) is 1. The van der Waals surface area contributed by atoms with Crippen LogP contribution in [0.5, 0.6) is 11.6 Å². The fourth-order valence-electron chi connectivity index (χ4n) is 1.90. The van der Waals surface area contributed by atoms with Crippen molar-refractivity contribution in [1.82, 2.24) is 9.97 Å². The Labute approximate surface area is 119 Å². The van der Waals surface area contributed by atoms with Crippen molar-refractivity contribution in [3.63, 3.8) is 0 Å². The first-order valence-electron chi connectivity index (χ1n) is 6.86. The van der Waals surface area contributed by atoms with Gasteiger partial charge in [-0.2, -0.15) is 9.97 Å². The maximum Gasteiger partial charge on any atom is 0.226 e. The molecular formula is C15H20N4O. The Morgan fingerprint density at radius 1 is 1.15 bits per heavy atom. The number of nitrogens with zero attached hydrogens (tertiary/aromatic N) is 2. The molecule has 5 heteroatoms. The molecule has 0 radical (unpaired) electrons. The van der Waals surface area contributed by atoms with Crippen LogP contribution in [0.1, 0.15) is 25.8 Å². The van der Waals surface area contributed by atoms with Crippen LogP contribution in [0.25, 0.3) is 0 Å². The van der Waals surface area contributed by atoms with Crippen molar-refractivity contribution in [3.05, 3.63) is 35.9 Å². The second-order valence-electron chi connectivity index (χ2n) is 4.48. The zero-order valence-corrected chi connectivity index (χ0v) is 11.9. The van der Waals surface area contributed by atoms with Gasteiger partial charge in [0.05, 0.1) is 0 Å². The summed E-state index contributed by atoms with van der Waals surface area (Å²) >= 11 is 0. The molecular weight excluding hydrogens is 252 g/mol. The molecule has 1 heterocycles. The highest BCUT2D eigenvalue weighted by molar-refractivity contribution is 5.44. The van der Waals surface area contributed by atoms with Crippen molar-refractivity contribution in [2.24, 2.45) is 0 Å². The lowest BCUT2D eigenvalue weighted by atomic mass is 10.1. The molecule has 5 nitrogen and oxygen atoms in total. The minimum absolute atomic E-state index is 0.195. The first kappa shape index (κ1) is 14.1. The van der Waals surface area contributed by atoms with Crippen molar-refractivity contribution in [1.29, 1.82) is 0 Å². The molecule has 0 atom stereocenters. The molecule has 0 saturated heterocycles. The van der Waals surface area contributed by atoms with E-state index in [1.165, 1.54) is 5.56 Å². The summed E-state index contributed by atoms with van der Waals surface area (Å²) in [6.07, 6.45) is 2.21. The zero-order chi connectivity index (χ0) is 14.4. The standard InChI is InChI=1S/C15H20N4O/c1-3-5-11-6-8-12(9-7-11)20-14-10-13(17-4-2)18-15(16)19-14/h6-10H,3-5H2,1-2H3,(H3,16,17,18,19). The summed E-state index contributed by atoms with van der Waals surface area (Å²) in [6.45, 7) is 4.92.